The molecule has 1 N–H and O–H groups in total. The molecule has 0 aliphatic carbocycles. The molecule has 0 atom stereocenters. The van der Waals surface area contributed by atoms with Gasteiger partial charge in [-0.2, -0.15) is 11.8 Å². The van der Waals surface area contributed by atoms with E-state index in [9.17, 15) is 8.78 Å². The number of hydrogen-bond donors (Lipinski definition) is 1. The lowest BCUT2D eigenvalue weighted by Crippen LogP contribution is -2.03. The van der Waals surface area contributed by atoms with E-state index >= 15 is 0 Å². The summed E-state index contributed by atoms with van der Waals surface area (Å²) in [6.07, 6.45) is 6.45. The van der Waals surface area contributed by atoms with Gasteiger partial charge in [0.2, 0.25) is 5.95 Å². The third-order valence-corrected chi connectivity index (χ3v) is 5.36. The molecular weight excluding hydrogens is 416 g/mol. The van der Waals surface area contributed by atoms with Gasteiger partial charge < -0.3 is 10.1 Å². The molecule has 2 aromatic carbocycles. The van der Waals surface area contributed by atoms with Crippen molar-refractivity contribution < 1.29 is 13.5 Å². The van der Waals surface area contributed by atoms with Gasteiger partial charge in [-0.1, -0.05) is 19.8 Å². The number of unbranched alkanes of at least 4 members (excludes halogenated alkanes) is 2. The van der Waals surface area contributed by atoms with E-state index in [4.69, 9.17) is 4.74 Å². The summed E-state index contributed by atoms with van der Waals surface area (Å²) in [5.74, 6) is 0.952. The van der Waals surface area contributed by atoms with Crippen molar-refractivity contribution in [3.63, 3.8) is 0 Å². The largest absolute Gasteiger partial charge is 0.494 e. The smallest absolute Gasteiger partial charge is 0.227 e. The van der Waals surface area contributed by atoms with E-state index in [2.05, 4.69) is 22.2 Å². The third-order valence-electron chi connectivity index (χ3n) is 4.74. The fourth-order valence-corrected chi connectivity index (χ4v) is 3.75. The number of halogens is 2. The van der Waals surface area contributed by atoms with E-state index in [0.29, 0.717) is 17.7 Å². The lowest BCUT2D eigenvalue weighted by atomic mass is 10.1. The summed E-state index contributed by atoms with van der Waals surface area (Å²) in [5, 5.41) is 3.16. The Balaban J connectivity index is 1.86. The number of benzene rings is 2. The van der Waals surface area contributed by atoms with Crippen LogP contribution in [0.25, 0.3) is 11.3 Å². The molecule has 0 unspecified atom stereocenters. The van der Waals surface area contributed by atoms with Crippen LogP contribution < -0.4 is 10.1 Å². The summed E-state index contributed by atoms with van der Waals surface area (Å²) < 4.78 is 33.8. The molecule has 0 saturated heterocycles. The van der Waals surface area contributed by atoms with E-state index < -0.39 is 5.82 Å². The molecule has 31 heavy (non-hydrogen) atoms. The number of anilines is 2. The minimum atomic E-state index is -0.559. The number of ether oxygens (including phenoxy) is 1. The molecule has 0 fully saturated rings. The highest BCUT2D eigenvalue weighted by atomic mass is 32.2. The fourth-order valence-electron chi connectivity index (χ4n) is 3.25. The highest BCUT2D eigenvalue weighted by Gasteiger charge is 2.13. The lowest BCUT2D eigenvalue weighted by molar-refractivity contribution is 0.306. The number of hydrogen-bond acceptors (Lipinski definition) is 5. The Hall–Kier alpha value is -2.67. The van der Waals surface area contributed by atoms with Gasteiger partial charge in [0.05, 0.1) is 12.8 Å². The summed E-state index contributed by atoms with van der Waals surface area (Å²) in [4.78, 5) is 8.44. The summed E-state index contributed by atoms with van der Waals surface area (Å²) in [5.41, 5.74) is 3.14. The van der Waals surface area contributed by atoms with Gasteiger partial charge in [0.15, 0.2) is 5.82 Å². The molecule has 3 aromatic rings. The lowest BCUT2D eigenvalue weighted by Gasteiger charge is -2.13. The zero-order valence-electron chi connectivity index (χ0n) is 18.0. The maximum atomic E-state index is 14.4. The Morgan fingerprint density at radius 1 is 1.10 bits per heavy atom. The van der Waals surface area contributed by atoms with Gasteiger partial charge in [0.25, 0.3) is 0 Å². The van der Waals surface area contributed by atoms with Crippen LogP contribution in [-0.4, -0.2) is 22.8 Å². The van der Waals surface area contributed by atoms with Crippen molar-refractivity contribution in [1.82, 2.24) is 9.97 Å². The molecular formula is C24H27F2N3OS. The Labute approximate surface area is 186 Å². The number of aromatic nitrogens is 2. The first-order chi connectivity index (χ1) is 15.0. The maximum absolute atomic E-state index is 14.4. The van der Waals surface area contributed by atoms with Crippen LogP contribution in [0.3, 0.4) is 0 Å². The molecule has 0 radical (unpaired) electrons. The number of aryl methyl sites for hydroxylation is 1. The van der Waals surface area contributed by atoms with Crippen LogP contribution in [0.15, 0.2) is 42.6 Å². The minimum absolute atomic E-state index is 0.131. The highest BCUT2D eigenvalue weighted by molar-refractivity contribution is 7.97. The van der Waals surface area contributed by atoms with Crippen LogP contribution in [0, 0.1) is 18.6 Å². The van der Waals surface area contributed by atoms with Gasteiger partial charge in [0.1, 0.15) is 17.3 Å². The van der Waals surface area contributed by atoms with Crippen molar-refractivity contribution in [1.29, 1.82) is 0 Å². The van der Waals surface area contributed by atoms with Crippen molar-refractivity contribution in [2.75, 3.05) is 18.2 Å². The third kappa shape index (κ3) is 6.40. The summed E-state index contributed by atoms with van der Waals surface area (Å²) in [6, 6.07) is 10.1. The second kappa shape index (κ2) is 11.1. The van der Waals surface area contributed by atoms with E-state index in [1.165, 1.54) is 18.2 Å². The maximum Gasteiger partial charge on any atom is 0.227 e. The molecule has 7 heteroatoms. The first-order valence-corrected chi connectivity index (χ1v) is 11.7. The van der Waals surface area contributed by atoms with E-state index in [1.807, 2.05) is 24.5 Å². The zero-order valence-corrected chi connectivity index (χ0v) is 18.9. The first-order valence-electron chi connectivity index (χ1n) is 10.3. The average Bonchev–Trinajstić information content (AvgIpc) is 2.73. The summed E-state index contributed by atoms with van der Waals surface area (Å²) in [6.45, 7) is 4.55. The average molecular weight is 444 g/mol. The summed E-state index contributed by atoms with van der Waals surface area (Å²) in [7, 11) is 0. The standard InChI is InChI=1S/C24H27F2N3OS/c1-4-5-6-9-30-20-12-17(15-31-3)11-19(13-20)28-24-27-14-22(26)23(29-24)21-8-7-18(25)10-16(21)2/h7-8,10-14H,4-6,9,15H2,1-3H3,(H,27,28,29). The normalized spacial score (nSPS) is 10.9. The monoisotopic (exact) mass is 443 g/mol. The highest BCUT2D eigenvalue weighted by Crippen LogP contribution is 2.28. The van der Waals surface area contributed by atoms with Crippen LogP contribution in [0.2, 0.25) is 0 Å². The van der Waals surface area contributed by atoms with Gasteiger partial charge in [-0.15, -0.1) is 0 Å². The predicted molar refractivity (Wildman–Crippen MR) is 124 cm³/mol. The van der Waals surface area contributed by atoms with Crippen LogP contribution >= 0.6 is 11.8 Å². The van der Waals surface area contributed by atoms with Crippen molar-refractivity contribution in [3.05, 3.63) is 65.4 Å². The van der Waals surface area contributed by atoms with Crippen LogP contribution in [0.1, 0.15) is 37.3 Å². The molecule has 164 valence electrons. The molecule has 0 aliphatic rings. The van der Waals surface area contributed by atoms with Crippen molar-refractivity contribution in [2.45, 2.75) is 38.9 Å². The van der Waals surface area contributed by atoms with Crippen molar-refractivity contribution in [3.8, 4) is 17.0 Å². The topological polar surface area (TPSA) is 47.0 Å². The van der Waals surface area contributed by atoms with Gasteiger partial charge in [-0.05, 0) is 61.1 Å². The van der Waals surface area contributed by atoms with Crippen LogP contribution in [-0.2, 0) is 5.75 Å². The Morgan fingerprint density at radius 3 is 2.68 bits per heavy atom. The predicted octanol–water partition coefficient (Wildman–Crippen LogP) is 6.91. The Morgan fingerprint density at radius 2 is 1.94 bits per heavy atom. The molecule has 4 nitrogen and oxygen atoms in total. The molecule has 0 aliphatic heterocycles. The number of nitrogens with one attached hydrogen (secondary N) is 1. The number of rotatable bonds is 10. The van der Waals surface area contributed by atoms with Crippen molar-refractivity contribution in [2.24, 2.45) is 0 Å². The second-order valence-electron chi connectivity index (χ2n) is 7.33. The zero-order chi connectivity index (χ0) is 22.2. The number of thioether (sulfide) groups is 1. The van der Waals surface area contributed by atoms with E-state index in [-0.39, 0.29) is 17.5 Å². The Bertz CT molecular complexity index is 1030. The summed E-state index contributed by atoms with van der Waals surface area (Å²) >= 11 is 1.72. The minimum Gasteiger partial charge on any atom is -0.494 e. The first kappa shape index (κ1) is 23.0. The van der Waals surface area contributed by atoms with E-state index in [0.717, 1.165) is 48.2 Å². The molecule has 1 heterocycles. The molecule has 0 bridgehead atoms. The molecule has 3 rings (SSSR count). The quantitative estimate of drug-likeness (QED) is 0.345. The molecule has 0 saturated carbocycles. The van der Waals surface area contributed by atoms with Crippen LogP contribution in [0.5, 0.6) is 5.75 Å². The van der Waals surface area contributed by atoms with E-state index in [1.54, 1.807) is 18.7 Å². The Kier molecular flexibility index (Phi) is 8.23. The fraction of sp³-hybridized carbons (Fsp3) is 0.333. The van der Waals surface area contributed by atoms with Crippen LogP contribution in [0.4, 0.5) is 20.4 Å². The van der Waals surface area contributed by atoms with Gasteiger partial charge in [0, 0.05) is 23.1 Å². The molecule has 0 spiro atoms. The molecule has 1 aromatic heterocycles. The van der Waals surface area contributed by atoms with Gasteiger partial charge in [-0.25, -0.2) is 18.7 Å². The number of nitrogens with zero attached hydrogens (tertiary/aromatic N) is 2. The van der Waals surface area contributed by atoms with Gasteiger partial charge in [-0.3, -0.25) is 0 Å². The molecule has 0 amide bonds. The second-order valence-corrected chi connectivity index (χ2v) is 8.19. The van der Waals surface area contributed by atoms with Crippen molar-refractivity contribution >= 4 is 23.4 Å². The SMILES string of the molecule is CCCCCOc1cc(CSC)cc(Nc2ncc(F)c(-c3ccc(F)cc3C)n2)c1. The van der Waals surface area contributed by atoms with Gasteiger partial charge >= 0.3 is 0 Å².